The minimum Gasteiger partial charge on any atom is -0.471 e. The van der Waals surface area contributed by atoms with Crippen LogP contribution in [0.3, 0.4) is 0 Å². The van der Waals surface area contributed by atoms with Crippen molar-refractivity contribution in [1.82, 2.24) is 0 Å². The van der Waals surface area contributed by atoms with Crippen molar-refractivity contribution in [1.29, 1.82) is 0 Å². The summed E-state index contributed by atoms with van der Waals surface area (Å²) in [5.74, 6) is -0.889. The van der Waals surface area contributed by atoms with E-state index in [2.05, 4.69) is 6.58 Å². The Morgan fingerprint density at radius 2 is 1.90 bits per heavy atom. The zero-order valence-electron chi connectivity index (χ0n) is 6.18. The van der Waals surface area contributed by atoms with Crippen molar-refractivity contribution in [2.24, 2.45) is 0 Å². The Bertz CT molecular complexity index is 114. The Morgan fingerprint density at radius 3 is 2.40 bits per heavy atom. The molecule has 58 valence electrons. The molecule has 10 heavy (non-hydrogen) atoms. The largest absolute Gasteiger partial charge is 0.471 e. The standard InChI is InChI=1S/C8H14O2/c1-2-10-8(9)6-4-3-5-7-8/h2,9H,1,3-7H2. The first-order valence-corrected chi connectivity index (χ1v) is 3.78. The Morgan fingerprint density at radius 1 is 1.30 bits per heavy atom. The molecule has 0 spiro atoms. The van der Waals surface area contributed by atoms with Crippen molar-refractivity contribution in [2.45, 2.75) is 37.9 Å². The van der Waals surface area contributed by atoms with Crippen molar-refractivity contribution in [3.8, 4) is 0 Å². The Labute approximate surface area is 61.5 Å². The van der Waals surface area contributed by atoms with Gasteiger partial charge in [0, 0.05) is 12.8 Å². The molecule has 0 atom stereocenters. The van der Waals surface area contributed by atoms with E-state index < -0.39 is 5.79 Å². The molecule has 2 heteroatoms. The maximum atomic E-state index is 9.58. The number of rotatable bonds is 2. The third-order valence-corrected chi connectivity index (χ3v) is 1.94. The second-order valence-corrected chi connectivity index (χ2v) is 2.79. The summed E-state index contributed by atoms with van der Waals surface area (Å²) in [6.07, 6.45) is 6.15. The third kappa shape index (κ3) is 1.74. The molecule has 1 fully saturated rings. The second kappa shape index (κ2) is 3.06. The number of ether oxygens (including phenoxy) is 1. The highest BCUT2D eigenvalue weighted by Gasteiger charge is 2.29. The molecule has 2 nitrogen and oxygen atoms in total. The van der Waals surface area contributed by atoms with Gasteiger partial charge in [-0.2, -0.15) is 0 Å². The van der Waals surface area contributed by atoms with Crippen molar-refractivity contribution in [3.63, 3.8) is 0 Å². The van der Waals surface area contributed by atoms with Crippen LogP contribution in [0.5, 0.6) is 0 Å². The van der Waals surface area contributed by atoms with Gasteiger partial charge in [-0.05, 0) is 12.8 Å². The highest BCUT2D eigenvalue weighted by atomic mass is 16.6. The van der Waals surface area contributed by atoms with E-state index in [9.17, 15) is 5.11 Å². The Balaban J connectivity index is 2.39. The topological polar surface area (TPSA) is 29.5 Å². The smallest absolute Gasteiger partial charge is 0.207 e. The highest BCUT2D eigenvalue weighted by Crippen LogP contribution is 2.28. The van der Waals surface area contributed by atoms with Crippen LogP contribution in [0.25, 0.3) is 0 Å². The van der Waals surface area contributed by atoms with E-state index in [1.807, 2.05) is 0 Å². The molecule has 1 aliphatic rings. The summed E-state index contributed by atoms with van der Waals surface area (Å²) >= 11 is 0. The van der Waals surface area contributed by atoms with E-state index >= 15 is 0 Å². The number of aliphatic hydroxyl groups is 1. The van der Waals surface area contributed by atoms with Gasteiger partial charge in [0.15, 0.2) is 0 Å². The lowest BCUT2D eigenvalue weighted by Crippen LogP contribution is -2.32. The van der Waals surface area contributed by atoms with Gasteiger partial charge in [0.05, 0.1) is 6.26 Å². The van der Waals surface area contributed by atoms with E-state index in [1.165, 1.54) is 12.7 Å². The summed E-state index contributed by atoms with van der Waals surface area (Å²) in [5.41, 5.74) is 0. The minimum atomic E-state index is -0.889. The fourth-order valence-electron chi connectivity index (χ4n) is 1.38. The van der Waals surface area contributed by atoms with Crippen LogP contribution in [-0.4, -0.2) is 10.9 Å². The van der Waals surface area contributed by atoms with Crippen LogP contribution in [-0.2, 0) is 4.74 Å². The number of hydrogen-bond donors (Lipinski definition) is 1. The summed E-state index contributed by atoms with van der Waals surface area (Å²) in [6, 6.07) is 0. The first kappa shape index (κ1) is 7.61. The van der Waals surface area contributed by atoms with E-state index in [0.717, 1.165) is 25.7 Å². The molecule has 0 radical (unpaired) electrons. The van der Waals surface area contributed by atoms with Crippen LogP contribution in [0, 0.1) is 0 Å². The molecule has 0 amide bonds. The normalized spacial score (nSPS) is 23.7. The lowest BCUT2D eigenvalue weighted by molar-refractivity contribution is -0.185. The fourth-order valence-corrected chi connectivity index (χ4v) is 1.38. The number of hydrogen-bond acceptors (Lipinski definition) is 2. The molecular weight excluding hydrogens is 128 g/mol. The molecule has 0 heterocycles. The van der Waals surface area contributed by atoms with Gasteiger partial charge < -0.3 is 9.84 Å². The average molecular weight is 142 g/mol. The van der Waals surface area contributed by atoms with E-state index in [-0.39, 0.29) is 0 Å². The molecule has 1 rings (SSSR count). The van der Waals surface area contributed by atoms with Gasteiger partial charge in [0.2, 0.25) is 5.79 Å². The van der Waals surface area contributed by atoms with Crippen molar-refractivity contribution in [2.75, 3.05) is 0 Å². The van der Waals surface area contributed by atoms with Gasteiger partial charge in [-0.15, -0.1) is 0 Å². The van der Waals surface area contributed by atoms with Gasteiger partial charge >= 0.3 is 0 Å². The van der Waals surface area contributed by atoms with Gasteiger partial charge in [-0.25, -0.2) is 0 Å². The Hall–Kier alpha value is -0.500. The zero-order chi connectivity index (χ0) is 7.45. The first-order valence-electron chi connectivity index (χ1n) is 3.78. The van der Waals surface area contributed by atoms with Crippen LogP contribution < -0.4 is 0 Å². The zero-order valence-corrected chi connectivity index (χ0v) is 6.18. The molecule has 1 N–H and O–H groups in total. The van der Waals surface area contributed by atoms with Crippen molar-refractivity contribution < 1.29 is 9.84 Å². The molecular formula is C8H14O2. The maximum Gasteiger partial charge on any atom is 0.207 e. The molecule has 0 aliphatic heterocycles. The molecule has 0 aromatic heterocycles. The monoisotopic (exact) mass is 142 g/mol. The summed E-state index contributed by atoms with van der Waals surface area (Å²) in [5, 5.41) is 9.58. The van der Waals surface area contributed by atoms with Crippen LogP contribution in [0.15, 0.2) is 12.8 Å². The molecule has 0 aromatic rings. The summed E-state index contributed by atoms with van der Waals surface area (Å²) in [6.45, 7) is 3.42. The molecule has 0 bridgehead atoms. The third-order valence-electron chi connectivity index (χ3n) is 1.94. The SMILES string of the molecule is C=COC1(O)CCCCC1. The lowest BCUT2D eigenvalue weighted by Gasteiger charge is -2.30. The Kier molecular flexibility index (Phi) is 2.33. The van der Waals surface area contributed by atoms with Gasteiger partial charge in [-0.3, -0.25) is 0 Å². The predicted octanol–water partition coefficient (Wildman–Crippen LogP) is 1.80. The van der Waals surface area contributed by atoms with E-state index in [1.54, 1.807) is 0 Å². The average Bonchev–Trinajstić information content (AvgIpc) is 1.89. The summed E-state index contributed by atoms with van der Waals surface area (Å²) in [4.78, 5) is 0. The van der Waals surface area contributed by atoms with Crippen LogP contribution in [0.1, 0.15) is 32.1 Å². The van der Waals surface area contributed by atoms with Gasteiger partial charge in [0.25, 0.3) is 0 Å². The quantitative estimate of drug-likeness (QED) is 0.470. The molecule has 0 aromatic carbocycles. The van der Waals surface area contributed by atoms with Crippen LogP contribution in [0.4, 0.5) is 0 Å². The summed E-state index contributed by atoms with van der Waals surface area (Å²) in [7, 11) is 0. The van der Waals surface area contributed by atoms with Crippen molar-refractivity contribution in [3.05, 3.63) is 12.8 Å². The van der Waals surface area contributed by atoms with Crippen molar-refractivity contribution >= 4 is 0 Å². The molecule has 0 unspecified atom stereocenters. The van der Waals surface area contributed by atoms with Crippen LogP contribution in [0.2, 0.25) is 0 Å². The summed E-state index contributed by atoms with van der Waals surface area (Å²) < 4.78 is 4.99. The van der Waals surface area contributed by atoms with Gasteiger partial charge in [-0.1, -0.05) is 13.0 Å². The van der Waals surface area contributed by atoms with E-state index in [4.69, 9.17) is 4.74 Å². The van der Waals surface area contributed by atoms with E-state index in [0.29, 0.717) is 0 Å². The van der Waals surface area contributed by atoms with Crippen LogP contribution >= 0.6 is 0 Å². The maximum absolute atomic E-state index is 9.58. The predicted molar refractivity (Wildman–Crippen MR) is 39.3 cm³/mol. The van der Waals surface area contributed by atoms with Gasteiger partial charge in [0.1, 0.15) is 0 Å². The molecule has 1 aliphatic carbocycles. The fraction of sp³-hybridized carbons (Fsp3) is 0.750. The molecule has 0 saturated heterocycles. The molecule has 1 saturated carbocycles. The highest BCUT2D eigenvalue weighted by molar-refractivity contribution is 4.74. The lowest BCUT2D eigenvalue weighted by atomic mass is 9.94. The minimum absolute atomic E-state index is 0.749. The first-order chi connectivity index (χ1) is 4.77. The second-order valence-electron chi connectivity index (χ2n) is 2.79.